The van der Waals surface area contributed by atoms with Crippen molar-refractivity contribution in [1.82, 2.24) is 16.0 Å². The van der Waals surface area contributed by atoms with Crippen molar-refractivity contribution in [3.8, 4) is 0 Å². The van der Waals surface area contributed by atoms with Crippen LogP contribution in [-0.2, 0) is 11.3 Å². The Morgan fingerprint density at radius 1 is 1.22 bits per heavy atom. The highest BCUT2D eigenvalue weighted by atomic mass is 127. The summed E-state index contributed by atoms with van der Waals surface area (Å²) in [5, 5.41) is 9.17. The van der Waals surface area contributed by atoms with E-state index in [1.54, 1.807) is 7.05 Å². The van der Waals surface area contributed by atoms with E-state index in [0.29, 0.717) is 44.4 Å². The molecule has 0 bridgehead atoms. The number of halogens is 1. The summed E-state index contributed by atoms with van der Waals surface area (Å²) in [6.45, 7) is 7.14. The molecule has 1 amide bonds. The van der Waals surface area contributed by atoms with Crippen LogP contribution >= 0.6 is 24.0 Å². The number of hydrogen-bond acceptors (Lipinski definition) is 3. The molecule has 1 aromatic carbocycles. The number of nitrogens with zero attached hydrogens (tertiary/aromatic N) is 1. The maximum absolute atomic E-state index is 11.8. The molecule has 0 spiro atoms. The zero-order chi connectivity index (χ0) is 16.2. The van der Waals surface area contributed by atoms with Gasteiger partial charge in [-0.2, -0.15) is 0 Å². The van der Waals surface area contributed by atoms with Gasteiger partial charge in [0.15, 0.2) is 5.96 Å². The summed E-state index contributed by atoms with van der Waals surface area (Å²) < 4.78 is 5.27. The van der Waals surface area contributed by atoms with Crippen molar-refractivity contribution in [2.45, 2.75) is 20.4 Å². The zero-order valence-electron chi connectivity index (χ0n) is 14.0. The third-order valence-electron chi connectivity index (χ3n) is 2.95. The number of carbonyl (C=O) groups excluding carboxylic acids is 1. The Morgan fingerprint density at radius 2 is 2.00 bits per heavy atom. The van der Waals surface area contributed by atoms with Gasteiger partial charge in [-0.25, -0.2) is 0 Å². The van der Waals surface area contributed by atoms with E-state index in [1.165, 1.54) is 0 Å². The van der Waals surface area contributed by atoms with Crippen LogP contribution in [0.2, 0.25) is 0 Å². The zero-order valence-corrected chi connectivity index (χ0v) is 16.3. The van der Waals surface area contributed by atoms with Gasteiger partial charge in [0.2, 0.25) is 0 Å². The molecule has 1 aromatic rings. The van der Waals surface area contributed by atoms with Crippen molar-refractivity contribution in [2.75, 3.05) is 33.4 Å². The van der Waals surface area contributed by atoms with E-state index < -0.39 is 0 Å². The first kappa shape index (κ1) is 21.6. The number of benzene rings is 1. The number of hydrogen-bond donors (Lipinski definition) is 3. The van der Waals surface area contributed by atoms with Crippen LogP contribution in [0.5, 0.6) is 0 Å². The van der Waals surface area contributed by atoms with Crippen molar-refractivity contribution in [3.63, 3.8) is 0 Å². The molecule has 3 N–H and O–H groups in total. The number of amides is 1. The molecule has 23 heavy (non-hydrogen) atoms. The molecule has 6 nitrogen and oxygen atoms in total. The predicted octanol–water partition coefficient (Wildman–Crippen LogP) is 1.76. The number of carbonyl (C=O) groups is 1. The number of rotatable bonds is 8. The van der Waals surface area contributed by atoms with Gasteiger partial charge in [0, 0.05) is 38.9 Å². The molecule has 0 radical (unpaired) electrons. The summed E-state index contributed by atoms with van der Waals surface area (Å²) >= 11 is 0. The normalized spacial score (nSPS) is 10.7. The molecule has 7 heteroatoms. The lowest BCUT2D eigenvalue weighted by Gasteiger charge is -2.12. The van der Waals surface area contributed by atoms with E-state index in [0.717, 1.165) is 5.56 Å². The molecular weight excluding hydrogens is 407 g/mol. The van der Waals surface area contributed by atoms with Gasteiger partial charge in [-0.05, 0) is 31.5 Å². The topological polar surface area (TPSA) is 74.8 Å². The van der Waals surface area contributed by atoms with E-state index in [9.17, 15) is 4.79 Å². The van der Waals surface area contributed by atoms with Gasteiger partial charge < -0.3 is 20.7 Å². The molecular formula is C16H27IN4O2. The lowest BCUT2D eigenvalue weighted by atomic mass is 10.1. The number of aliphatic imine (C=N–C) groups is 1. The second-order valence-corrected chi connectivity index (χ2v) is 4.61. The van der Waals surface area contributed by atoms with Gasteiger partial charge in [-0.15, -0.1) is 24.0 Å². The van der Waals surface area contributed by atoms with Gasteiger partial charge in [-0.1, -0.05) is 12.1 Å². The van der Waals surface area contributed by atoms with E-state index >= 15 is 0 Å². The van der Waals surface area contributed by atoms with Crippen LogP contribution in [0.3, 0.4) is 0 Å². The fourth-order valence-electron chi connectivity index (χ4n) is 1.88. The van der Waals surface area contributed by atoms with Crippen LogP contribution in [-0.4, -0.2) is 45.2 Å². The van der Waals surface area contributed by atoms with Crippen molar-refractivity contribution < 1.29 is 9.53 Å². The Kier molecular flexibility index (Phi) is 12.4. The number of guanidine groups is 1. The molecule has 0 fully saturated rings. The highest BCUT2D eigenvalue weighted by molar-refractivity contribution is 14.0. The Balaban J connectivity index is 0.00000484. The Bertz CT molecular complexity index is 495. The quantitative estimate of drug-likeness (QED) is 0.252. The van der Waals surface area contributed by atoms with Crippen LogP contribution in [0.4, 0.5) is 0 Å². The monoisotopic (exact) mass is 434 g/mol. The van der Waals surface area contributed by atoms with Crippen LogP contribution in [0.1, 0.15) is 29.8 Å². The van der Waals surface area contributed by atoms with Crippen LogP contribution in [0.15, 0.2) is 29.3 Å². The fraction of sp³-hybridized carbons (Fsp3) is 0.500. The molecule has 0 aliphatic rings. The summed E-state index contributed by atoms with van der Waals surface area (Å²) in [6, 6.07) is 7.55. The molecule has 0 aliphatic heterocycles. The first-order valence-electron chi connectivity index (χ1n) is 7.60. The second-order valence-electron chi connectivity index (χ2n) is 4.61. The molecule has 0 aromatic heterocycles. The van der Waals surface area contributed by atoms with Gasteiger partial charge in [0.05, 0.1) is 6.61 Å². The van der Waals surface area contributed by atoms with E-state index in [4.69, 9.17) is 4.74 Å². The maximum atomic E-state index is 11.8. The van der Waals surface area contributed by atoms with Crippen LogP contribution in [0, 0.1) is 0 Å². The molecule has 0 unspecified atom stereocenters. The average Bonchev–Trinajstić information content (AvgIpc) is 2.55. The molecule has 0 aliphatic carbocycles. The summed E-state index contributed by atoms with van der Waals surface area (Å²) in [5.41, 5.74) is 1.69. The van der Waals surface area contributed by atoms with Gasteiger partial charge >= 0.3 is 0 Å². The summed E-state index contributed by atoms with van der Waals surface area (Å²) in [6.07, 6.45) is 0. The minimum atomic E-state index is -0.0522. The van der Waals surface area contributed by atoms with Crippen molar-refractivity contribution in [2.24, 2.45) is 4.99 Å². The predicted molar refractivity (Wildman–Crippen MR) is 105 cm³/mol. The smallest absolute Gasteiger partial charge is 0.251 e. The first-order chi connectivity index (χ1) is 10.7. The number of nitrogens with one attached hydrogen (secondary N) is 3. The second kappa shape index (κ2) is 13.1. The third kappa shape index (κ3) is 8.75. The van der Waals surface area contributed by atoms with Gasteiger partial charge in [-0.3, -0.25) is 9.79 Å². The highest BCUT2D eigenvalue weighted by Crippen LogP contribution is 2.05. The Morgan fingerprint density at radius 3 is 2.65 bits per heavy atom. The van der Waals surface area contributed by atoms with E-state index in [1.807, 2.05) is 38.1 Å². The van der Waals surface area contributed by atoms with Gasteiger partial charge in [0.1, 0.15) is 0 Å². The Hall–Kier alpha value is -1.35. The molecule has 1 rings (SSSR count). The van der Waals surface area contributed by atoms with E-state index in [-0.39, 0.29) is 29.9 Å². The largest absolute Gasteiger partial charge is 0.380 e. The molecule has 130 valence electrons. The minimum Gasteiger partial charge on any atom is -0.380 e. The molecule has 0 saturated heterocycles. The average molecular weight is 434 g/mol. The standard InChI is InChI=1S/C16H26N4O2.HI/c1-4-18-15(21)14-8-6-7-13(11-14)12-20-16(17-3)19-9-10-22-5-2;/h6-8,11H,4-5,9-10,12H2,1-3H3,(H,18,21)(H2,17,19,20);1H. The summed E-state index contributed by atoms with van der Waals surface area (Å²) in [5.74, 6) is 0.659. The Labute approximate surface area is 155 Å². The van der Waals surface area contributed by atoms with Crippen molar-refractivity contribution in [1.29, 1.82) is 0 Å². The summed E-state index contributed by atoms with van der Waals surface area (Å²) in [7, 11) is 1.72. The maximum Gasteiger partial charge on any atom is 0.251 e. The van der Waals surface area contributed by atoms with Crippen molar-refractivity contribution >= 4 is 35.8 Å². The van der Waals surface area contributed by atoms with Gasteiger partial charge in [0.25, 0.3) is 5.91 Å². The number of ether oxygens (including phenoxy) is 1. The lowest BCUT2D eigenvalue weighted by Crippen LogP contribution is -2.38. The van der Waals surface area contributed by atoms with Crippen LogP contribution in [0.25, 0.3) is 0 Å². The minimum absolute atomic E-state index is 0. The van der Waals surface area contributed by atoms with Crippen molar-refractivity contribution in [3.05, 3.63) is 35.4 Å². The summed E-state index contributed by atoms with van der Waals surface area (Å²) in [4.78, 5) is 16.0. The molecule has 0 heterocycles. The highest BCUT2D eigenvalue weighted by Gasteiger charge is 2.05. The van der Waals surface area contributed by atoms with Crippen LogP contribution < -0.4 is 16.0 Å². The van der Waals surface area contributed by atoms with E-state index in [2.05, 4.69) is 20.9 Å². The third-order valence-corrected chi connectivity index (χ3v) is 2.95. The fourth-order valence-corrected chi connectivity index (χ4v) is 1.88. The molecule has 0 saturated carbocycles. The molecule has 0 atom stereocenters. The SMILES string of the molecule is CCNC(=O)c1cccc(CNC(=NC)NCCOCC)c1.I. The first-order valence-corrected chi connectivity index (χ1v) is 7.60. The lowest BCUT2D eigenvalue weighted by molar-refractivity contribution is 0.0955.